The summed E-state index contributed by atoms with van der Waals surface area (Å²) in [5.74, 6) is -0.943. The van der Waals surface area contributed by atoms with Gasteiger partial charge in [0.1, 0.15) is 5.41 Å². The Hall–Kier alpha value is -2.70. The Balaban J connectivity index is 2.42. The summed E-state index contributed by atoms with van der Waals surface area (Å²) < 4.78 is 0. The highest BCUT2D eigenvalue weighted by Gasteiger charge is 2.45. The van der Waals surface area contributed by atoms with Crippen molar-refractivity contribution in [3.05, 3.63) is 71.8 Å². The number of nitrogens with one attached hydrogen (secondary N) is 2. The SMILES string of the molecule is CCCC(O)(CCC)C(NC(=O)C(C)(C)C(=O)NC(c1ccccc1)C(O)(CCC)CCC)c1ccccc1. The van der Waals surface area contributed by atoms with Crippen molar-refractivity contribution in [3.63, 3.8) is 0 Å². The molecule has 0 fully saturated rings. The van der Waals surface area contributed by atoms with Gasteiger partial charge in [0.15, 0.2) is 0 Å². The second-order valence-electron chi connectivity index (χ2n) is 11.5. The molecule has 2 aromatic rings. The summed E-state index contributed by atoms with van der Waals surface area (Å²) in [5.41, 5.74) is -2.16. The van der Waals surface area contributed by atoms with E-state index in [1.807, 2.05) is 88.4 Å². The first-order chi connectivity index (χ1) is 18.5. The van der Waals surface area contributed by atoms with E-state index in [0.29, 0.717) is 25.7 Å². The van der Waals surface area contributed by atoms with Crippen LogP contribution < -0.4 is 10.6 Å². The zero-order valence-corrected chi connectivity index (χ0v) is 24.8. The van der Waals surface area contributed by atoms with E-state index in [0.717, 1.165) is 36.8 Å². The van der Waals surface area contributed by atoms with E-state index < -0.39 is 40.5 Å². The Bertz CT molecular complexity index is 929. The van der Waals surface area contributed by atoms with Crippen LogP contribution >= 0.6 is 0 Å². The first-order valence-electron chi connectivity index (χ1n) is 14.7. The summed E-state index contributed by atoms with van der Waals surface area (Å²) in [6.45, 7) is 11.2. The minimum atomic E-state index is -1.46. The third-order valence-corrected chi connectivity index (χ3v) is 7.76. The lowest BCUT2D eigenvalue weighted by atomic mass is 9.79. The van der Waals surface area contributed by atoms with Gasteiger partial charge in [0.2, 0.25) is 11.8 Å². The number of hydrogen-bond donors (Lipinski definition) is 4. The quantitative estimate of drug-likeness (QED) is 0.186. The molecular weight excluding hydrogens is 488 g/mol. The lowest BCUT2D eigenvalue weighted by Gasteiger charge is -2.40. The van der Waals surface area contributed by atoms with Crippen molar-refractivity contribution in [1.82, 2.24) is 10.6 Å². The number of rotatable bonds is 16. The van der Waals surface area contributed by atoms with Crippen LogP contribution in [0.15, 0.2) is 60.7 Å². The first-order valence-corrected chi connectivity index (χ1v) is 14.7. The molecule has 0 aliphatic carbocycles. The predicted molar refractivity (Wildman–Crippen MR) is 158 cm³/mol. The average Bonchev–Trinajstić information content (AvgIpc) is 2.91. The van der Waals surface area contributed by atoms with Crippen molar-refractivity contribution in [1.29, 1.82) is 0 Å². The molecule has 0 heterocycles. The van der Waals surface area contributed by atoms with Crippen LogP contribution in [-0.2, 0) is 9.59 Å². The zero-order valence-electron chi connectivity index (χ0n) is 24.8. The van der Waals surface area contributed by atoms with Crippen LogP contribution in [0, 0.1) is 5.41 Å². The molecule has 2 rings (SSSR count). The van der Waals surface area contributed by atoms with Crippen molar-refractivity contribution in [3.8, 4) is 0 Å². The number of benzene rings is 2. The van der Waals surface area contributed by atoms with Gasteiger partial charge in [-0.3, -0.25) is 9.59 Å². The molecule has 2 unspecified atom stereocenters. The third kappa shape index (κ3) is 8.15. The van der Waals surface area contributed by atoms with Crippen LogP contribution in [-0.4, -0.2) is 33.2 Å². The molecule has 0 saturated heterocycles. The molecule has 39 heavy (non-hydrogen) atoms. The van der Waals surface area contributed by atoms with Crippen LogP contribution in [0.5, 0.6) is 0 Å². The van der Waals surface area contributed by atoms with Gasteiger partial charge in [0.25, 0.3) is 0 Å². The van der Waals surface area contributed by atoms with E-state index >= 15 is 0 Å². The molecule has 0 radical (unpaired) electrons. The Morgan fingerprint density at radius 2 is 0.897 bits per heavy atom. The van der Waals surface area contributed by atoms with E-state index in [4.69, 9.17) is 0 Å². The van der Waals surface area contributed by atoms with Gasteiger partial charge >= 0.3 is 0 Å². The number of carbonyl (C=O) groups is 2. The van der Waals surface area contributed by atoms with Gasteiger partial charge in [-0.2, -0.15) is 0 Å². The van der Waals surface area contributed by atoms with Crippen LogP contribution in [0.1, 0.15) is 116 Å². The molecule has 4 N–H and O–H groups in total. The first kappa shape index (κ1) is 32.5. The second-order valence-corrected chi connectivity index (χ2v) is 11.5. The molecule has 216 valence electrons. The van der Waals surface area contributed by atoms with Crippen LogP contribution in [0.2, 0.25) is 0 Å². The largest absolute Gasteiger partial charge is 0.387 e. The van der Waals surface area contributed by atoms with Crippen LogP contribution in [0.25, 0.3) is 0 Å². The molecule has 0 aliphatic heterocycles. The maximum Gasteiger partial charge on any atom is 0.235 e. The van der Waals surface area contributed by atoms with E-state index in [9.17, 15) is 19.8 Å². The van der Waals surface area contributed by atoms with Gasteiger partial charge in [0, 0.05) is 0 Å². The summed E-state index contributed by atoms with van der Waals surface area (Å²) in [6, 6.07) is 17.6. The summed E-state index contributed by atoms with van der Waals surface area (Å²) in [6.07, 6.45) is 5.10. The van der Waals surface area contributed by atoms with Gasteiger partial charge in [0.05, 0.1) is 23.3 Å². The summed E-state index contributed by atoms with van der Waals surface area (Å²) in [7, 11) is 0. The molecule has 2 aromatic carbocycles. The lowest BCUT2D eigenvalue weighted by Crippen LogP contribution is -2.55. The molecule has 0 saturated carbocycles. The van der Waals surface area contributed by atoms with Crippen molar-refractivity contribution < 1.29 is 19.8 Å². The van der Waals surface area contributed by atoms with Crippen LogP contribution in [0.3, 0.4) is 0 Å². The monoisotopic (exact) mass is 538 g/mol. The molecule has 0 aliphatic rings. The highest BCUT2D eigenvalue weighted by Crippen LogP contribution is 2.37. The normalized spacial score (nSPS) is 13.9. The van der Waals surface area contributed by atoms with Crippen molar-refractivity contribution in [2.75, 3.05) is 0 Å². The molecule has 0 spiro atoms. The number of carbonyl (C=O) groups excluding carboxylic acids is 2. The highest BCUT2D eigenvalue weighted by molar-refractivity contribution is 6.04. The second kappa shape index (κ2) is 14.6. The topological polar surface area (TPSA) is 98.7 Å². The molecule has 6 nitrogen and oxygen atoms in total. The fourth-order valence-corrected chi connectivity index (χ4v) is 5.63. The fraction of sp³-hybridized carbons (Fsp3) is 0.576. The lowest BCUT2D eigenvalue weighted by molar-refractivity contribution is -0.145. The van der Waals surface area contributed by atoms with Gasteiger partial charge in [-0.25, -0.2) is 0 Å². The van der Waals surface area contributed by atoms with Crippen molar-refractivity contribution in [2.24, 2.45) is 5.41 Å². The number of hydrogen-bond acceptors (Lipinski definition) is 4. The molecule has 0 bridgehead atoms. The maximum atomic E-state index is 13.8. The summed E-state index contributed by atoms with van der Waals surface area (Å²) >= 11 is 0. The predicted octanol–water partition coefficient (Wildman–Crippen LogP) is 6.39. The smallest absolute Gasteiger partial charge is 0.235 e. The van der Waals surface area contributed by atoms with Gasteiger partial charge < -0.3 is 20.8 Å². The van der Waals surface area contributed by atoms with E-state index in [1.54, 1.807) is 13.8 Å². The fourth-order valence-electron chi connectivity index (χ4n) is 5.63. The average molecular weight is 539 g/mol. The van der Waals surface area contributed by atoms with Gasteiger partial charge in [-0.1, -0.05) is 114 Å². The van der Waals surface area contributed by atoms with E-state index in [-0.39, 0.29) is 0 Å². The minimum absolute atomic E-state index is 0.471. The van der Waals surface area contributed by atoms with Crippen LogP contribution in [0.4, 0.5) is 0 Å². The third-order valence-electron chi connectivity index (χ3n) is 7.76. The molecular formula is C33H50N2O4. The van der Waals surface area contributed by atoms with E-state index in [2.05, 4.69) is 10.6 Å². The molecule has 6 heteroatoms. The summed E-state index contributed by atoms with van der Waals surface area (Å²) in [5, 5.41) is 29.6. The number of amides is 2. The minimum Gasteiger partial charge on any atom is -0.387 e. The Labute approximate surface area is 235 Å². The Morgan fingerprint density at radius 3 is 1.15 bits per heavy atom. The number of aliphatic hydroxyl groups is 2. The molecule has 2 amide bonds. The Morgan fingerprint density at radius 1 is 0.615 bits per heavy atom. The van der Waals surface area contributed by atoms with E-state index in [1.165, 1.54) is 0 Å². The maximum absolute atomic E-state index is 13.8. The standard InChI is InChI=1S/C33H50N2O4/c1-7-21-32(38,22-8-2)27(25-17-13-11-14-18-25)34-29(36)31(5,6)30(37)35-28(26-19-15-12-16-20-26)33(39,23-9-3)24-10-4/h11-20,27-28,38-39H,7-10,21-24H2,1-6H3,(H,34,36)(H,35,37). The Kier molecular flexibility index (Phi) is 12.2. The zero-order chi connectivity index (χ0) is 29.1. The molecule has 0 aromatic heterocycles. The highest BCUT2D eigenvalue weighted by atomic mass is 16.3. The van der Waals surface area contributed by atoms with Gasteiger partial charge in [-0.15, -0.1) is 0 Å². The van der Waals surface area contributed by atoms with Gasteiger partial charge in [-0.05, 0) is 50.7 Å². The summed E-state index contributed by atoms with van der Waals surface area (Å²) in [4.78, 5) is 27.6. The van der Waals surface area contributed by atoms with Crippen molar-refractivity contribution >= 4 is 11.8 Å². The van der Waals surface area contributed by atoms with Crippen molar-refractivity contribution in [2.45, 2.75) is 116 Å². The molecule has 2 atom stereocenters.